The molecule has 1 aromatic carbocycles. The molecule has 0 aliphatic rings. The SMILES string of the molecule is CCOCCCNC(=O)C(C)(N)c1ccccc1. The lowest BCUT2D eigenvalue weighted by Crippen LogP contribution is -2.49. The number of carbonyl (C=O) groups is 1. The van der Waals surface area contributed by atoms with Crippen LogP contribution in [-0.4, -0.2) is 25.7 Å². The van der Waals surface area contributed by atoms with Crippen LogP contribution >= 0.6 is 0 Å². The topological polar surface area (TPSA) is 64.3 Å². The second-order valence-corrected chi connectivity index (χ2v) is 4.37. The number of amides is 1. The molecule has 0 fully saturated rings. The normalized spacial score (nSPS) is 13.9. The van der Waals surface area contributed by atoms with Gasteiger partial charge in [-0.3, -0.25) is 4.79 Å². The van der Waals surface area contributed by atoms with E-state index in [2.05, 4.69) is 5.32 Å². The third-order valence-corrected chi connectivity index (χ3v) is 2.80. The largest absolute Gasteiger partial charge is 0.382 e. The highest BCUT2D eigenvalue weighted by molar-refractivity contribution is 5.86. The molecular formula is C14H22N2O2. The van der Waals surface area contributed by atoms with Crippen molar-refractivity contribution in [1.29, 1.82) is 0 Å². The fourth-order valence-corrected chi connectivity index (χ4v) is 1.62. The third kappa shape index (κ3) is 4.13. The highest BCUT2D eigenvalue weighted by Crippen LogP contribution is 2.17. The average Bonchev–Trinajstić information content (AvgIpc) is 2.39. The Hall–Kier alpha value is -1.39. The van der Waals surface area contributed by atoms with Crippen molar-refractivity contribution < 1.29 is 9.53 Å². The predicted octanol–water partition coefficient (Wildman–Crippen LogP) is 1.40. The number of nitrogens with two attached hydrogens (primary N) is 1. The van der Waals surface area contributed by atoms with Crippen molar-refractivity contribution in [2.75, 3.05) is 19.8 Å². The molecule has 0 heterocycles. The van der Waals surface area contributed by atoms with Gasteiger partial charge in [-0.25, -0.2) is 0 Å². The van der Waals surface area contributed by atoms with Crippen LogP contribution in [0.15, 0.2) is 30.3 Å². The van der Waals surface area contributed by atoms with Gasteiger partial charge in [-0.05, 0) is 25.8 Å². The maximum absolute atomic E-state index is 12.0. The Bertz CT molecular complexity index is 363. The molecule has 0 spiro atoms. The predicted molar refractivity (Wildman–Crippen MR) is 72.1 cm³/mol. The van der Waals surface area contributed by atoms with Crippen molar-refractivity contribution in [3.8, 4) is 0 Å². The minimum Gasteiger partial charge on any atom is -0.382 e. The molecule has 1 unspecified atom stereocenters. The van der Waals surface area contributed by atoms with E-state index in [1.807, 2.05) is 37.3 Å². The van der Waals surface area contributed by atoms with Gasteiger partial charge in [0, 0.05) is 19.8 Å². The minimum absolute atomic E-state index is 0.162. The Morgan fingerprint density at radius 1 is 1.39 bits per heavy atom. The molecule has 0 saturated heterocycles. The molecule has 0 aliphatic carbocycles. The Morgan fingerprint density at radius 3 is 2.67 bits per heavy atom. The number of benzene rings is 1. The van der Waals surface area contributed by atoms with Gasteiger partial charge >= 0.3 is 0 Å². The zero-order valence-corrected chi connectivity index (χ0v) is 11.1. The summed E-state index contributed by atoms with van der Waals surface area (Å²) in [4.78, 5) is 12.0. The molecule has 0 saturated carbocycles. The zero-order chi connectivity index (χ0) is 13.4. The summed E-state index contributed by atoms with van der Waals surface area (Å²) < 4.78 is 5.20. The Kier molecular flexibility index (Phi) is 5.82. The first-order chi connectivity index (χ1) is 8.59. The average molecular weight is 250 g/mol. The summed E-state index contributed by atoms with van der Waals surface area (Å²) in [5.74, 6) is -0.162. The summed E-state index contributed by atoms with van der Waals surface area (Å²) >= 11 is 0. The van der Waals surface area contributed by atoms with Crippen molar-refractivity contribution >= 4 is 5.91 Å². The van der Waals surface area contributed by atoms with Gasteiger partial charge in [-0.15, -0.1) is 0 Å². The lowest BCUT2D eigenvalue weighted by atomic mass is 9.92. The van der Waals surface area contributed by atoms with Gasteiger partial charge in [-0.2, -0.15) is 0 Å². The highest BCUT2D eigenvalue weighted by Gasteiger charge is 2.29. The third-order valence-electron chi connectivity index (χ3n) is 2.80. The number of rotatable bonds is 7. The summed E-state index contributed by atoms with van der Waals surface area (Å²) in [7, 11) is 0. The first kappa shape index (κ1) is 14.7. The fourth-order valence-electron chi connectivity index (χ4n) is 1.62. The van der Waals surface area contributed by atoms with Crippen LogP contribution in [0.4, 0.5) is 0 Å². The lowest BCUT2D eigenvalue weighted by Gasteiger charge is -2.24. The van der Waals surface area contributed by atoms with Gasteiger partial charge < -0.3 is 15.8 Å². The van der Waals surface area contributed by atoms with Crippen molar-refractivity contribution in [3.63, 3.8) is 0 Å². The standard InChI is InChI=1S/C14H22N2O2/c1-3-18-11-7-10-16-13(17)14(2,15)12-8-5-4-6-9-12/h4-6,8-9H,3,7,10-11,15H2,1-2H3,(H,16,17). The van der Waals surface area contributed by atoms with Crippen molar-refractivity contribution in [2.24, 2.45) is 5.73 Å². The number of hydrogen-bond acceptors (Lipinski definition) is 3. The Morgan fingerprint density at radius 2 is 2.06 bits per heavy atom. The van der Waals surface area contributed by atoms with E-state index in [-0.39, 0.29) is 5.91 Å². The minimum atomic E-state index is -0.993. The molecular weight excluding hydrogens is 228 g/mol. The van der Waals surface area contributed by atoms with Crippen LogP contribution < -0.4 is 11.1 Å². The smallest absolute Gasteiger partial charge is 0.244 e. The molecule has 100 valence electrons. The maximum Gasteiger partial charge on any atom is 0.244 e. The van der Waals surface area contributed by atoms with E-state index in [1.165, 1.54) is 0 Å². The highest BCUT2D eigenvalue weighted by atomic mass is 16.5. The lowest BCUT2D eigenvalue weighted by molar-refractivity contribution is -0.126. The Labute approximate surface area is 109 Å². The van der Waals surface area contributed by atoms with E-state index < -0.39 is 5.54 Å². The number of carbonyl (C=O) groups excluding carboxylic acids is 1. The molecule has 1 aromatic rings. The van der Waals surface area contributed by atoms with Crippen LogP contribution in [0.1, 0.15) is 25.8 Å². The van der Waals surface area contributed by atoms with Gasteiger partial charge in [0.05, 0.1) is 0 Å². The molecule has 0 aliphatic heterocycles. The summed E-state index contributed by atoms with van der Waals surface area (Å²) in [6.45, 7) is 5.61. The molecule has 1 amide bonds. The van der Waals surface area contributed by atoms with Crippen LogP contribution in [0, 0.1) is 0 Å². The van der Waals surface area contributed by atoms with E-state index >= 15 is 0 Å². The first-order valence-electron chi connectivity index (χ1n) is 6.29. The number of hydrogen-bond donors (Lipinski definition) is 2. The molecule has 4 heteroatoms. The summed E-state index contributed by atoms with van der Waals surface area (Å²) in [5, 5.41) is 2.84. The van der Waals surface area contributed by atoms with Crippen LogP contribution in [0.25, 0.3) is 0 Å². The summed E-state index contributed by atoms with van der Waals surface area (Å²) in [6, 6.07) is 9.38. The molecule has 1 atom stereocenters. The van der Waals surface area contributed by atoms with Crippen molar-refractivity contribution in [3.05, 3.63) is 35.9 Å². The van der Waals surface area contributed by atoms with Crippen LogP contribution in [0.3, 0.4) is 0 Å². The van der Waals surface area contributed by atoms with Crippen molar-refractivity contribution in [1.82, 2.24) is 5.32 Å². The molecule has 0 aromatic heterocycles. The molecule has 0 radical (unpaired) electrons. The zero-order valence-electron chi connectivity index (χ0n) is 11.1. The maximum atomic E-state index is 12.0. The van der Waals surface area contributed by atoms with Gasteiger partial charge in [0.1, 0.15) is 5.54 Å². The van der Waals surface area contributed by atoms with E-state index in [0.717, 1.165) is 12.0 Å². The summed E-state index contributed by atoms with van der Waals surface area (Å²) in [5.41, 5.74) is 5.90. The van der Waals surface area contributed by atoms with Gasteiger partial charge in [0.25, 0.3) is 0 Å². The van der Waals surface area contributed by atoms with E-state index in [0.29, 0.717) is 19.8 Å². The van der Waals surface area contributed by atoms with Gasteiger partial charge in [0.2, 0.25) is 5.91 Å². The molecule has 4 nitrogen and oxygen atoms in total. The van der Waals surface area contributed by atoms with Crippen molar-refractivity contribution in [2.45, 2.75) is 25.8 Å². The van der Waals surface area contributed by atoms with E-state index in [9.17, 15) is 4.79 Å². The summed E-state index contributed by atoms with van der Waals surface area (Å²) in [6.07, 6.45) is 0.796. The molecule has 18 heavy (non-hydrogen) atoms. The molecule has 1 rings (SSSR count). The second-order valence-electron chi connectivity index (χ2n) is 4.37. The van der Waals surface area contributed by atoms with E-state index in [1.54, 1.807) is 6.92 Å². The van der Waals surface area contributed by atoms with Crippen LogP contribution in [0.2, 0.25) is 0 Å². The van der Waals surface area contributed by atoms with Gasteiger partial charge in [0.15, 0.2) is 0 Å². The molecule has 3 N–H and O–H groups in total. The quantitative estimate of drug-likeness (QED) is 0.719. The first-order valence-corrected chi connectivity index (χ1v) is 6.29. The van der Waals surface area contributed by atoms with Crippen LogP contribution in [-0.2, 0) is 15.1 Å². The molecule has 0 bridgehead atoms. The second kappa shape index (κ2) is 7.13. The van der Waals surface area contributed by atoms with E-state index in [4.69, 9.17) is 10.5 Å². The Balaban J connectivity index is 2.45. The fraction of sp³-hybridized carbons (Fsp3) is 0.500. The monoisotopic (exact) mass is 250 g/mol. The number of nitrogens with one attached hydrogen (secondary N) is 1. The van der Waals surface area contributed by atoms with Gasteiger partial charge in [-0.1, -0.05) is 30.3 Å². The number of ether oxygens (including phenoxy) is 1. The van der Waals surface area contributed by atoms with Crippen LogP contribution in [0.5, 0.6) is 0 Å².